The molecule has 0 aromatic carbocycles. The van der Waals surface area contributed by atoms with Crippen LogP contribution in [0.1, 0.15) is 6.42 Å². The Hall–Kier alpha value is -1.58. The maximum absolute atomic E-state index is 12.2. The topological polar surface area (TPSA) is 46.3 Å². The zero-order chi connectivity index (χ0) is 10.8. The van der Waals surface area contributed by atoms with Gasteiger partial charge in [0.2, 0.25) is 0 Å². The Morgan fingerprint density at radius 2 is 2.33 bits per heavy atom. The number of amides is 1. The molecule has 3 nitrogen and oxygen atoms in total. The first-order valence-electron chi connectivity index (χ1n) is 4.95. The molecule has 2 rings (SSSR count). The minimum atomic E-state index is -0.512. The lowest BCUT2D eigenvalue weighted by atomic mass is 10.1. The van der Waals surface area contributed by atoms with Gasteiger partial charge in [-0.15, -0.1) is 0 Å². The first-order valence-corrected chi connectivity index (χ1v) is 4.95. The number of halogens is 1. The van der Waals surface area contributed by atoms with Crippen LogP contribution in [0.5, 0.6) is 0 Å². The number of allylic oxidation sites excluding steroid dienone is 3. The summed E-state index contributed by atoms with van der Waals surface area (Å²) in [5.74, 6) is -0.150. The summed E-state index contributed by atoms with van der Waals surface area (Å²) in [4.78, 5) is 13.3. The monoisotopic (exact) mass is 208 g/mol. The van der Waals surface area contributed by atoms with Crippen molar-refractivity contribution < 1.29 is 9.18 Å². The average Bonchev–Trinajstić information content (AvgIpc) is 2.41. The van der Waals surface area contributed by atoms with E-state index in [2.05, 4.69) is 0 Å². The number of nitrogens with zero attached hydrogens (tertiary/aromatic N) is 1. The molecule has 1 saturated heterocycles. The highest BCUT2D eigenvalue weighted by Crippen LogP contribution is 2.27. The van der Waals surface area contributed by atoms with Crippen LogP contribution in [0.15, 0.2) is 35.1 Å². The smallest absolute Gasteiger partial charge is 0.256 e. The van der Waals surface area contributed by atoms with Crippen molar-refractivity contribution >= 4 is 5.91 Å². The molecule has 0 bridgehead atoms. The lowest BCUT2D eigenvalue weighted by Crippen LogP contribution is -2.27. The van der Waals surface area contributed by atoms with Crippen LogP contribution in [0.2, 0.25) is 0 Å². The Morgan fingerprint density at radius 3 is 3.07 bits per heavy atom. The Labute approximate surface area is 87.7 Å². The first kappa shape index (κ1) is 9.96. The van der Waals surface area contributed by atoms with Crippen LogP contribution in [-0.2, 0) is 4.79 Å². The zero-order valence-electron chi connectivity index (χ0n) is 8.37. The van der Waals surface area contributed by atoms with Crippen LogP contribution in [0.25, 0.3) is 0 Å². The minimum Gasteiger partial charge on any atom is -0.398 e. The van der Waals surface area contributed by atoms with Crippen LogP contribution in [0, 0.1) is 0 Å². The molecule has 80 valence electrons. The van der Waals surface area contributed by atoms with Gasteiger partial charge in [-0.3, -0.25) is 4.79 Å². The summed E-state index contributed by atoms with van der Waals surface area (Å²) in [7, 11) is 0. The molecule has 0 spiro atoms. The molecule has 0 radical (unpaired) electrons. The molecule has 0 aromatic heterocycles. The van der Waals surface area contributed by atoms with Crippen LogP contribution in [0.3, 0.4) is 0 Å². The highest BCUT2D eigenvalue weighted by Gasteiger charge is 2.31. The molecule has 1 aliphatic carbocycles. The molecule has 2 N–H and O–H groups in total. The quantitative estimate of drug-likeness (QED) is 0.732. The third-order valence-electron chi connectivity index (χ3n) is 2.62. The van der Waals surface area contributed by atoms with E-state index in [4.69, 9.17) is 5.73 Å². The van der Waals surface area contributed by atoms with E-state index in [1.54, 1.807) is 6.08 Å². The fourth-order valence-corrected chi connectivity index (χ4v) is 1.90. The van der Waals surface area contributed by atoms with Crippen molar-refractivity contribution in [2.24, 2.45) is 5.73 Å². The van der Waals surface area contributed by atoms with E-state index in [0.29, 0.717) is 17.8 Å². The number of alkyl halides is 1. The zero-order valence-corrected chi connectivity index (χ0v) is 8.37. The summed E-state index contributed by atoms with van der Waals surface area (Å²) < 4.78 is 12.2. The number of carbonyl (C=O) groups is 1. The number of hydrogen-bond acceptors (Lipinski definition) is 2. The lowest BCUT2D eigenvalue weighted by Gasteiger charge is -2.11. The Morgan fingerprint density at radius 1 is 1.53 bits per heavy atom. The predicted molar refractivity (Wildman–Crippen MR) is 55.6 cm³/mol. The van der Waals surface area contributed by atoms with Gasteiger partial charge in [-0.05, 0) is 18.1 Å². The van der Waals surface area contributed by atoms with Gasteiger partial charge in [0.1, 0.15) is 6.67 Å². The van der Waals surface area contributed by atoms with Crippen LogP contribution in [-0.4, -0.2) is 30.6 Å². The first-order chi connectivity index (χ1) is 7.24. The van der Waals surface area contributed by atoms with E-state index in [9.17, 15) is 9.18 Å². The SMILES string of the molecule is NC1=C2C(=O)N(CCF)CC2=CCC=C1. The average molecular weight is 208 g/mol. The van der Waals surface area contributed by atoms with Crippen molar-refractivity contribution in [1.29, 1.82) is 0 Å². The van der Waals surface area contributed by atoms with E-state index in [1.165, 1.54) is 4.90 Å². The molecule has 0 atom stereocenters. The van der Waals surface area contributed by atoms with Gasteiger partial charge in [0.05, 0.1) is 5.57 Å². The summed E-state index contributed by atoms with van der Waals surface area (Å²) in [6, 6.07) is 0. The number of rotatable bonds is 2. The molecule has 4 heteroatoms. The van der Waals surface area contributed by atoms with Crippen LogP contribution >= 0.6 is 0 Å². The van der Waals surface area contributed by atoms with Gasteiger partial charge in [-0.1, -0.05) is 12.2 Å². The molecular weight excluding hydrogens is 195 g/mol. The normalized spacial score (nSPS) is 20.5. The fraction of sp³-hybridized carbons (Fsp3) is 0.364. The Balaban J connectivity index is 2.35. The van der Waals surface area contributed by atoms with Crippen molar-refractivity contribution in [2.75, 3.05) is 19.8 Å². The van der Waals surface area contributed by atoms with Crippen molar-refractivity contribution in [2.45, 2.75) is 6.42 Å². The summed E-state index contributed by atoms with van der Waals surface area (Å²) in [5.41, 5.74) is 7.75. The molecule has 0 unspecified atom stereocenters. The van der Waals surface area contributed by atoms with Crippen molar-refractivity contribution in [1.82, 2.24) is 4.90 Å². The molecule has 15 heavy (non-hydrogen) atoms. The maximum atomic E-state index is 12.2. The minimum absolute atomic E-state index is 0.149. The van der Waals surface area contributed by atoms with Crippen molar-refractivity contribution in [3.63, 3.8) is 0 Å². The summed E-state index contributed by atoms with van der Waals surface area (Å²) >= 11 is 0. The molecule has 1 heterocycles. The van der Waals surface area contributed by atoms with Crippen molar-refractivity contribution in [3.8, 4) is 0 Å². The van der Waals surface area contributed by atoms with Crippen LogP contribution < -0.4 is 5.73 Å². The Bertz CT molecular complexity index is 382. The number of carbonyl (C=O) groups excluding carboxylic acids is 1. The highest BCUT2D eigenvalue weighted by atomic mass is 19.1. The third-order valence-corrected chi connectivity index (χ3v) is 2.62. The number of fused-ring (bicyclic) bond motifs is 1. The van der Waals surface area contributed by atoms with Crippen LogP contribution in [0.4, 0.5) is 4.39 Å². The van der Waals surface area contributed by atoms with Gasteiger partial charge >= 0.3 is 0 Å². The predicted octanol–water partition coefficient (Wildman–Crippen LogP) is 0.897. The van der Waals surface area contributed by atoms with Crippen molar-refractivity contribution in [3.05, 3.63) is 35.1 Å². The maximum Gasteiger partial charge on any atom is 0.256 e. The second-order valence-electron chi connectivity index (χ2n) is 3.61. The number of likely N-dealkylation sites (tertiary alicyclic amines) is 1. The summed E-state index contributed by atoms with van der Waals surface area (Å²) in [6.45, 7) is 0.124. The van der Waals surface area contributed by atoms with Gasteiger partial charge < -0.3 is 10.6 Å². The second kappa shape index (κ2) is 3.88. The second-order valence-corrected chi connectivity index (χ2v) is 3.61. The lowest BCUT2D eigenvalue weighted by molar-refractivity contribution is -0.125. The van der Waals surface area contributed by atoms with E-state index >= 15 is 0 Å². The van der Waals surface area contributed by atoms with Gasteiger partial charge in [0.15, 0.2) is 0 Å². The van der Waals surface area contributed by atoms with E-state index in [-0.39, 0.29) is 12.5 Å². The van der Waals surface area contributed by atoms with Gasteiger partial charge in [-0.2, -0.15) is 0 Å². The molecule has 0 aromatic rings. The summed E-state index contributed by atoms with van der Waals surface area (Å²) in [5, 5.41) is 0. The molecule has 0 saturated carbocycles. The standard InChI is InChI=1S/C11H13FN2O/c12-5-6-14-7-8-3-1-2-4-9(13)10(8)11(14)15/h2-4H,1,5-7,13H2. The molecule has 2 aliphatic rings. The molecule has 1 aliphatic heterocycles. The fourth-order valence-electron chi connectivity index (χ4n) is 1.90. The van der Waals surface area contributed by atoms with E-state index in [1.807, 2.05) is 12.2 Å². The number of hydrogen-bond donors (Lipinski definition) is 1. The molecule has 1 fully saturated rings. The van der Waals surface area contributed by atoms with Gasteiger partial charge in [0, 0.05) is 18.8 Å². The largest absolute Gasteiger partial charge is 0.398 e. The molecular formula is C11H13FN2O. The highest BCUT2D eigenvalue weighted by molar-refractivity contribution is 6.02. The summed E-state index contributed by atoms with van der Waals surface area (Å²) in [6.07, 6.45) is 6.41. The molecule has 1 amide bonds. The van der Waals surface area contributed by atoms with Gasteiger partial charge in [0.25, 0.3) is 5.91 Å². The third kappa shape index (κ3) is 1.67. The Kier molecular flexibility index (Phi) is 2.58. The van der Waals surface area contributed by atoms with E-state index < -0.39 is 6.67 Å². The number of nitrogens with two attached hydrogens (primary N) is 1. The van der Waals surface area contributed by atoms with E-state index in [0.717, 1.165) is 12.0 Å². The van der Waals surface area contributed by atoms with Gasteiger partial charge in [-0.25, -0.2) is 4.39 Å².